The summed E-state index contributed by atoms with van der Waals surface area (Å²) < 4.78 is 0. The van der Waals surface area contributed by atoms with E-state index in [1.165, 1.54) is 6.33 Å². The molecule has 1 N–H and O–H groups in total. The van der Waals surface area contributed by atoms with Gasteiger partial charge in [-0.2, -0.15) is 0 Å². The van der Waals surface area contributed by atoms with Crippen LogP contribution in [0.15, 0.2) is 36.7 Å². The molecule has 0 bridgehead atoms. The first-order valence-electron chi connectivity index (χ1n) is 9.51. The average molecular weight is 378 g/mol. The second-order valence-electron chi connectivity index (χ2n) is 7.01. The summed E-state index contributed by atoms with van der Waals surface area (Å²) in [5.74, 6) is 0.573. The van der Waals surface area contributed by atoms with Crippen molar-refractivity contribution in [2.75, 3.05) is 23.3 Å². The molecule has 0 saturated carbocycles. The molecule has 3 heterocycles. The largest absolute Gasteiger partial charge is 0.353 e. The molecule has 1 aromatic carbocycles. The van der Waals surface area contributed by atoms with Crippen LogP contribution in [-0.2, 0) is 0 Å². The highest BCUT2D eigenvalue weighted by molar-refractivity contribution is 5.93. The van der Waals surface area contributed by atoms with E-state index in [1.807, 2.05) is 42.2 Å². The maximum absolute atomic E-state index is 11.9. The molecular formula is C20H22N6O2. The van der Waals surface area contributed by atoms with Crippen LogP contribution in [0.5, 0.6) is 0 Å². The number of nitrogens with one attached hydrogen (secondary N) is 1. The second kappa shape index (κ2) is 7.75. The number of hydrogen-bond acceptors (Lipinski definition) is 7. The molecule has 28 heavy (non-hydrogen) atoms. The van der Waals surface area contributed by atoms with Crippen LogP contribution in [-0.4, -0.2) is 33.0 Å². The van der Waals surface area contributed by atoms with Gasteiger partial charge in [0.05, 0.1) is 16.1 Å². The number of pyridine rings is 1. The Labute approximate surface area is 162 Å². The minimum Gasteiger partial charge on any atom is -0.351 e. The Morgan fingerprint density at radius 3 is 2.61 bits per heavy atom. The van der Waals surface area contributed by atoms with Crippen LogP contribution in [0.4, 0.5) is 23.0 Å². The number of para-hydroxylation sites is 1. The number of fused-ring (bicyclic) bond motifs is 1. The van der Waals surface area contributed by atoms with Crippen LogP contribution in [0.3, 0.4) is 0 Å². The van der Waals surface area contributed by atoms with Gasteiger partial charge >= 0.3 is 5.69 Å². The molecule has 144 valence electrons. The number of hydrogen-bond donors (Lipinski definition) is 1. The minimum absolute atomic E-state index is 0.0888. The maximum atomic E-state index is 11.9. The van der Waals surface area contributed by atoms with Crippen molar-refractivity contribution in [2.45, 2.75) is 32.6 Å². The fraction of sp³-hybridized carbons (Fsp3) is 0.350. The standard InChI is InChI=1S/C20H22N6O2/c1-14-9-10-15-7-6-8-16(17(15)23-14)24-19-18(26(27)28)20(22-13-21-19)25-11-4-2-3-5-12-25/h6-10,13H,2-5,11-12H2,1H3,(H,21,22,24). The Morgan fingerprint density at radius 2 is 1.86 bits per heavy atom. The molecule has 2 aromatic heterocycles. The molecular weight excluding hydrogens is 356 g/mol. The molecule has 4 rings (SSSR count). The Bertz CT molecular complexity index is 1010. The van der Waals surface area contributed by atoms with Gasteiger partial charge in [0.25, 0.3) is 0 Å². The van der Waals surface area contributed by atoms with Crippen molar-refractivity contribution in [1.82, 2.24) is 15.0 Å². The van der Waals surface area contributed by atoms with Crippen LogP contribution in [0.1, 0.15) is 31.4 Å². The lowest BCUT2D eigenvalue weighted by Crippen LogP contribution is -2.26. The zero-order valence-electron chi connectivity index (χ0n) is 15.8. The number of nitro groups is 1. The van der Waals surface area contributed by atoms with Gasteiger partial charge in [-0.25, -0.2) is 9.97 Å². The lowest BCUT2D eigenvalue weighted by atomic mass is 10.1. The normalized spacial score (nSPS) is 14.7. The van der Waals surface area contributed by atoms with Crippen molar-refractivity contribution in [3.63, 3.8) is 0 Å². The molecule has 0 amide bonds. The molecule has 0 atom stereocenters. The average Bonchev–Trinajstić information content (AvgIpc) is 2.97. The van der Waals surface area contributed by atoms with Crippen molar-refractivity contribution < 1.29 is 4.92 Å². The van der Waals surface area contributed by atoms with Gasteiger partial charge in [0.1, 0.15) is 6.33 Å². The maximum Gasteiger partial charge on any atom is 0.353 e. The zero-order chi connectivity index (χ0) is 19.5. The van der Waals surface area contributed by atoms with E-state index in [0.717, 1.165) is 55.4 Å². The van der Waals surface area contributed by atoms with E-state index < -0.39 is 4.92 Å². The van der Waals surface area contributed by atoms with Gasteiger partial charge in [0, 0.05) is 24.2 Å². The summed E-state index contributed by atoms with van der Waals surface area (Å²) in [5, 5.41) is 16.0. The fourth-order valence-electron chi connectivity index (χ4n) is 3.62. The summed E-state index contributed by atoms with van der Waals surface area (Å²) >= 11 is 0. The Balaban J connectivity index is 1.77. The lowest BCUT2D eigenvalue weighted by molar-refractivity contribution is -0.383. The lowest BCUT2D eigenvalue weighted by Gasteiger charge is -2.21. The third kappa shape index (κ3) is 3.58. The van der Waals surface area contributed by atoms with E-state index >= 15 is 0 Å². The van der Waals surface area contributed by atoms with Gasteiger partial charge in [-0.15, -0.1) is 0 Å². The van der Waals surface area contributed by atoms with Crippen LogP contribution >= 0.6 is 0 Å². The monoisotopic (exact) mass is 378 g/mol. The predicted octanol–water partition coefficient (Wildman–Crippen LogP) is 4.37. The van der Waals surface area contributed by atoms with Crippen LogP contribution in [0.25, 0.3) is 10.9 Å². The Kier molecular flexibility index (Phi) is 5.01. The zero-order valence-corrected chi connectivity index (χ0v) is 15.8. The molecule has 8 heteroatoms. The topological polar surface area (TPSA) is 97.1 Å². The number of nitrogens with zero attached hydrogens (tertiary/aromatic N) is 5. The van der Waals surface area contributed by atoms with Gasteiger partial charge in [0.2, 0.25) is 11.6 Å². The van der Waals surface area contributed by atoms with Crippen molar-refractivity contribution in [2.24, 2.45) is 0 Å². The van der Waals surface area contributed by atoms with Crippen molar-refractivity contribution in [3.05, 3.63) is 52.5 Å². The van der Waals surface area contributed by atoms with E-state index in [-0.39, 0.29) is 11.5 Å². The smallest absolute Gasteiger partial charge is 0.351 e. The van der Waals surface area contributed by atoms with E-state index in [1.54, 1.807) is 0 Å². The van der Waals surface area contributed by atoms with Crippen LogP contribution < -0.4 is 10.2 Å². The quantitative estimate of drug-likeness (QED) is 0.532. The molecule has 0 radical (unpaired) electrons. The number of anilines is 3. The van der Waals surface area contributed by atoms with Gasteiger partial charge in [-0.05, 0) is 31.9 Å². The second-order valence-corrected chi connectivity index (χ2v) is 7.01. The molecule has 0 spiro atoms. The number of aromatic nitrogens is 3. The van der Waals surface area contributed by atoms with Crippen molar-refractivity contribution >= 4 is 33.9 Å². The van der Waals surface area contributed by atoms with E-state index in [0.29, 0.717) is 11.5 Å². The molecule has 0 aliphatic carbocycles. The first-order valence-corrected chi connectivity index (χ1v) is 9.51. The SMILES string of the molecule is Cc1ccc2cccc(Nc3ncnc(N4CCCCCC4)c3[N+](=O)[O-])c2n1. The third-order valence-corrected chi connectivity index (χ3v) is 5.00. The summed E-state index contributed by atoms with van der Waals surface area (Å²) in [7, 11) is 0. The number of benzene rings is 1. The third-order valence-electron chi connectivity index (χ3n) is 5.00. The highest BCUT2D eigenvalue weighted by Crippen LogP contribution is 2.35. The van der Waals surface area contributed by atoms with Crippen LogP contribution in [0.2, 0.25) is 0 Å². The number of rotatable bonds is 4. The molecule has 1 aliphatic heterocycles. The van der Waals surface area contributed by atoms with Crippen molar-refractivity contribution in [3.8, 4) is 0 Å². The Hall–Kier alpha value is -3.29. The summed E-state index contributed by atoms with van der Waals surface area (Å²) in [4.78, 5) is 26.6. The van der Waals surface area contributed by atoms with Gasteiger partial charge < -0.3 is 10.2 Å². The number of aryl methyl sites for hydroxylation is 1. The Morgan fingerprint density at radius 1 is 1.07 bits per heavy atom. The van der Waals surface area contributed by atoms with Crippen LogP contribution in [0, 0.1) is 17.0 Å². The van der Waals surface area contributed by atoms with E-state index in [4.69, 9.17) is 0 Å². The molecule has 8 nitrogen and oxygen atoms in total. The van der Waals surface area contributed by atoms with Crippen molar-refractivity contribution in [1.29, 1.82) is 0 Å². The highest BCUT2D eigenvalue weighted by atomic mass is 16.6. The first-order chi connectivity index (χ1) is 13.6. The fourth-order valence-corrected chi connectivity index (χ4v) is 3.62. The van der Waals surface area contributed by atoms with Gasteiger partial charge in [-0.3, -0.25) is 15.1 Å². The first kappa shape index (κ1) is 18.1. The summed E-state index contributed by atoms with van der Waals surface area (Å²) in [5.41, 5.74) is 2.23. The molecule has 0 unspecified atom stereocenters. The summed E-state index contributed by atoms with van der Waals surface area (Å²) in [6.07, 6.45) is 5.69. The molecule has 1 saturated heterocycles. The predicted molar refractivity (Wildman–Crippen MR) is 109 cm³/mol. The van der Waals surface area contributed by atoms with E-state index in [2.05, 4.69) is 20.3 Å². The highest BCUT2D eigenvalue weighted by Gasteiger charge is 2.28. The van der Waals surface area contributed by atoms with E-state index in [9.17, 15) is 10.1 Å². The molecule has 1 aliphatic rings. The van der Waals surface area contributed by atoms with Gasteiger partial charge in [-0.1, -0.05) is 31.0 Å². The minimum atomic E-state index is -0.396. The summed E-state index contributed by atoms with van der Waals surface area (Å²) in [6.45, 7) is 3.46. The summed E-state index contributed by atoms with van der Waals surface area (Å²) in [6, 6.07) is 9.64. The van der Waals surface area contributed by atoms with Gasteiger partial charge in [0.15, 0.2) is 0 Å². The molecule has 1 fully saturated rings. The molecule has 3 aromatic rings.